The number of hydrogen-bond acceptors (Lipinski definition) is 4. The Labute approximate surface area is 174 Å². The first kappa shape index (κ1) is 18.8. The predicted octanol–water partition coefficient (Wildman–Crippen LogP) is 4.47. The third-order valence-electron chi connectivity index (χ3n) is 5.62. The van der Waals surface area contributed by atoms with Crippen molar-refractivity contribution in [2.24, 2.45) is 0 Å². The van der Waals surface area contributed by atoms with Crippen LogP contribution in [0.5, 0.6) is 0 Å². The number of halogens is 1. The minimum atomic E-state index is -0.225. The van der Waals surface area contributed by atoms with Crippen molar-refractivity contribution in [3.8, 4) is 22.6 Å². The maximum absolute atomic E-state index is 13.6. The number of aromatic amines is 1. The summed E-state index contributed by atoms with van der Waals surface area (Å²) in [6.45, 7) is 3.79. The summed E-state index contributed by atoms with van der Waals surface area (Å²) in [7, 11) is 0. The van der Waals surface area contributed by atoms with Gasteiger partial charge in [0.2, 0.25) is 0 Å². The number of hydrogen-bond donors (Lipinski definition) is 2. The summed E-state index contributed by atoms with van der Waals surface area (Å²) in [6.07, 6.45) is 3.63. The van der Waals surface area contributed by atoms with E-state index < -0.39 is 0 Å². The first-order chi connectivity index (χ1) is 14.8. The zero-order chi connectivity index (χ0) is 20.3. The van der Waals surface area contributed by atoms with Gasteiger partial charge < -0.3 is 9.73 Å². The van der Waals surface area contributed by atoms with Gasteiger partial charge in [0.15, 0.2) is 5.76 Å². The van der Waals surface area contributed by atoms with Gasteiger partial charge in [-0.2, -0.15) is 5.10 Å². The Morgan fingerprint density at radius 2 is 1.80 bits per heavy atom. The fraction of sp³-hybridized carbons (Fsp3) is 0.208. The van der Waals surface area contributed by atoms with E-state index in [2.05, 4.69) is 44.7 Å². The minimum absolute atomic E-state index is 0.0486. The average molecular weight is 402 g/mol. The molecule has 1 fully saturated rings. The van der Waals surface area contributed by atoms with Crippen LogP contribution < -0.4 is 5.32 Å². The van der Waals surface area contributed by atoms with Crippen LogP contribution >= 0.6 is 0 Å². The fourth-order valence-corrected chi connectivity index (χ4v) is 4.17. The second kappa shape index (κ2) is 8.26. The second-order valence-electron chi connectivity index (χ2n) is 7.49. The van der Waals surface area contributed by atoms with Crippen LogP contribution in [-0.2, 0) is 0 Å². The maximum Gasteiger partial charge on any atom is 0.154 e. The third-order valence-corrected chi connectivity index (χ3v) is 5.62. The van der Waals surface area contributed by atoms with Crippen LogP contribution in [0.25, 0.3) is 22.6 Å². The number of benzene rings is 2. The Bertz CT molecular complexity index is 1100. The van der Waals surface area contributed by atoms with E-state index in [1.54, 1.807) is 18.4 Å². The van der Waals surface area contributed by atoms with Crippen LogP contribution in [0.1, 0.15) is 17.2 Å². The van der Waals surface area contributed by atoms with Crippen LogP contribution in [0, 0.1) is 5.82 Å². The van der Waals surface area contributed by atoms with Gasteiger partial charge in [0, 0.05) is 37.9 Å². The summed E-state index contributed by atoms with van der Waals surface area (Å²) in [5.41, 5.74) is 4.96. The smallest absolute Gasteiger partial charge is 0.154 e. The maximum atomic E-state index is 13.6. The fourth-order valence-electron chi connectivity index (χ4n) is 4.17. The standard InChI is InChI=1S/C24H23FN4O/c25-20-4-1-3-19(15-20)17-6-8-18(9-7-17)24(29-12-10-26-11-13-29)21-16-27-28-23(21)22-5-2-14-30-22/h1-9,14-16,24,26H,10-13H2,(H,27,28). The molecule has 2 aromatic heterocycles. The quantitative estimate of drug-likeness (QED) is 0.517. The van der Waals surface area contributed by atoms with Gasteiger partial charge in [-0.05, 0) is 41.0 Å². The van der Waals surface area contributed by atoms with E-state index in [-0.39, 0.29) is 11.9 Å². The number of nitrogens with zero attached hydrogens (tertiary/aromatic N) is 2. The summed E-state index contributed by atoms with van der Waals surface area (Å²) in [5, 5.41) is 10.9. The normalized spacial score (nSPS) is 15.9. The lowest BCUT2D eigenvalue weighted by Crippen LogP contribution is -2.45. The van der Waals surface area contributed by atoms with E-state index in [0.717, 1.165) is 54.3 Å². The Balaban J connectivity index is 1.54. The summed E-state index contributed by atoms with van der Waals surface area (Å²) in [5.74, 6) is 0.527. The van der Waals surface area contributed by atoms with Crippen molar-refractivity contribution in [3.63, 3.8) is 0 Å². The highest BCUT2D eigenvalue weighted by molar-refractivity contribution is 5.64. The Kier molecular flexibility index (Phi) is 5.17. The molecule has 1 aliphatic heterocycles. The molecule has 2 N–H and O–H groups in total. The van der Waals surface area contributed by atoms with Crippen molar-refractivity contribution in [1.29, 1.82) is 0 Å². The van der Waals surface area contributed by atoms with Crippen molar-refractivity contribution in [1.82, 2.24) is 20.4 Å². The number of nitrogens with one attached hydrogen (secondary N) is 2. The molecule has 152 valence electrons. The molecule has 3 heterocycles. The summed E-state index contributed by atoms with van der Waals surface area (Å²) in [4.78, 5) is 2.46. The first-order valence-corrected chi connectivity index (χ1v) is 10.2. The molecule has 1 atom stereocenters. The number of aromatic nitrogens is 2. The topological polar surface area (TPSA) is 57.1 Å². The molecule has 5 nitrogen and oxygen atoms in total. The molecule has 0 bridgehead atoms. The summed E-state index contributed by atoms with van der Waals surface area (Å²) >= 11 is 0. The van der Waals surface area contributed by atoms with Gasteiger partial charge in [-0.1, -0.05) is 36.4 Å². The molecule has 0 saturated carbocycles. The molecule has 0 aliphatic carbocycles. The van der Waals surface area contributed by atoms with E-state index >= 15 is 0 Å². The largest absolute Gasteiger partial charge is 0.463 e. The van der Waals surface area contributed by atoms with E-state index in [4.69, 9.17) is 4.42 Å². The van der Waals surface area contributed by atoms with Crippen molar-refractivity contribution in [3.05, 3.63) is 90.1 Å². The SMILES string of the molecule is Fc1cccc(-c2ccc(C(c3c[nH]nc3-c3ccco3)N3CCNCC3)cc2)c1. The highest BCUT2D eigenvalue weighted by atomic mass is 19.1. The molecule has 1 unspecified atom stereocenters. The van der Waals surface area contributed by atoms with Crippen LogP contribution in [0.15, 0.2) is 77.5 Å². The van der Waals surface area contributed by atoms with Crippen LogP contribution in [0.2, 0.25) is 0 Å². The Morgan fingerprint density at radius 3 is 2.53 bits per heavy atom. The lowest BCUT2D eigenvalue weighted by atomic mass is 9.94. The van der Waals surface area contributed by atoms with Crippen LogP contribution in [0.4, 0.5) is 4.39 Å². The summed E-state index contributed by atoms with van der Waals surface area (Å²) < 4.78 is 19.3. The molecule has 1 saturated heterocycles. The number of rotatable bonds is 5. The number of furan rings is 1. The van der Waals surface area contributed by atoms with E-state index in [1.807, 2.05) is 24.4 Å². The van der Waals surface area contributed by atoms with E-state index in [1.165, 1.54) is 11.6 Å². The molecule has 1 aliphatic rings. The van der Waals surface area contributed by atoms with E-state index in [0.29, 0.717) is 0 Å². The molecule has 30 heavy (non-hydrogen) atoms. The molecule has 6 heteroatoms. The second-order valence-corrected chi connectivity index (χ2v) is 7.49. The number of piperazine rings is 1. The highest BCUT2D eigenvalue weighted by Crippen LogP contribution is 2.35. The number of H-pyrrole nitrogens is 1. The van der Waals surface area contributed by atoms with Gasteiger partial charge >= 0.3 is 0 Å². The van der Waals surface area contributed by atoms with Gasteiger partial charge in [0.1, 0.15) is 11.5 Å². The molecule has 0 amide bonds. The molecule has 2 aromatic carbocycles. The van der Waals surface area contributed by atoms with Crippen molar-refractivity contribution in [2.75, 3.05) is 26.2 Å². The van der Waals surface area contributed by atoms with Crippen LogP contribution in [-0.4, -0.2) is 41.3 Å². The van der Waals surface area contributed by atoms with Crippen molar-refractivity contribution < 1.29 is 8.81 Å². The summed E-state index contributed by atoms with van der Waals surface area (Å²) in [6, 6.07) is 18.9. The van der Waals surface area contributed by atoms with Crippen LogP contribution in [0.3, 0.4) is 0 Å². The molecule has 4 aromatic rings. The van der Waals surface area contributed by atoms with Crippen molar-refractivity contribution in [2.45, 2.75) is 6.04 Å². The highest BCUT2D eigenvalue weighted by Gasteiger charge is 2.28. The third kappa shape index (κ3) is 3.67. The zero-order valence-electron chi connectivity index (χ0n) is 16.5. The van der Waals surface area contributed by atoms with Crippen molar-refractivity contribution >= 4 is 0 Å². The lowest BCUT2D eigenvalue weighted by Gasteiger charge is -2.35. The van der Waals surface area contributed by atoms with Gasteiger partial charge in [-0.25, -0.2) is 4.39 Å². The van der Waals surface area contributed by atoms with Gasteiger partial charge in [-0.3, -0.25) is 10.00 Å². The predicted molar refractivity (Wildman–Crippen MR) is 114 cm³/mol. The van der Waals surface area contributed by atoms with Gasteiger partial charge in [0.05, 0.1) is 12.3 Å². The molecule has 0 spiro atoms. The van der Waals surface area contributed by atoms with Gasteiger partial charge in [-0.15, -0.1) is 0 Å². The van der Waals surface area contributed by atoms with E-state index in [9.17, 15) is 4.39 Å². The molecular formula is C24H23FN4O. The average Bonchev–Trinajstić information content (AvgIpc) is 3.47. The van der Waals surface area contributed by atoms with Gasteiger partial charge in [0.25, 0.3) is 0 Å². The molecule has 5 rings (SSSR count). The zero-order valence-corrected chi connectivity index (χ0v) is 16.5. The molecule has 0 radical (unpaired) electrons. The lowest BCUT2D eigenvalue weighted by molar-refractivity contribution is 0.198. The minimum Gasteiger partial charge on any atom is -0.463 e. The first-order valence-electron chi connectivity index (χ1n) is 10.2. The Hall–Kier alpha value is -3.22. The Morgan fingerprint density at radius 1 is 0.967 bits per heavy atom. The monoisotopic (exact) mass is 402 g/mol. The molecular weight excluding hydrogens is 379 g/mol.